The van der Waals surface area contributed by atoms with Crippen LogP contribution in [0.2, 0.25) is 0 Å². The third-order valence-corrected chi connectivity index (χ3v) is 6.23. The van der Waals surface area contributed by atoms with E-state index in [0.717, 1.165) is 38.5 Å². The topological polar surface area (TPSA) is 29.9 Å². The van der Waals surface area contributed by atoms with Crippen LogP contribution in [0.4, 0.5) is 0 Å². The SMILES string of the molecule is Cc1cc2c(oc3nc4ccccc4cc32)c(-c2cc3ccccc3c[n+]2C)c1C. The van der Waals surface area contributed by atoms with Gasteiger partial charge in [0.15, 0.2) is 11.8 Å². The number of pyridine rings is 2. The number of nitrogens with zero attached hydrogens (tertiary/aromatic N) is 2. The highest BCUT2D eigenvalue weighted by atomic mass is 16.3. The molecule has 3 heteroatoms. The predicted molar refractivity (Wildman–Crippen MR) is 123 cm³/mol. The second-order valence-corrected chi connectivity index (χ2v) is 8.10. The molecule has 0 saturated carbocycles. The molecule has 6 rings (SSSR count). The maximum Gasteiger partial charge on any atom is 0.227 e. The number of hydrogen-bond acceptors (Lipinski definition) is 2. The highest BCUT2D eigenvalue weighted by Crippen LogP contribution is 2.39. The molecule has 0 saturated heterocycles. The Balaban J connectivity index is 1.76. The Kier molecular flexibility index (Phi) is 3.51. The molecule has 0 N–H and O–H groups in total. The quantitative estimate of drug-likeness (QED) is 0.305. The van der Waals surface area contributed by atoms with E-state index < -0.39 is 0 Å². The lowest BCUT2D eigenvalue weighted by Crippen LogP contribution is -2.30. The molecule has 0 aliphatic heterocycles. The third-order valence-electron chi connectivity index (χ3n) is 6.23. The van der Waals surface area contributed by atoms with Crippen LogP contribution >= 0.6 is 0 Å². The smallest absolute Gasteiger partial charge is 0.227 e. The van der Waals surface area contributed by atoms with Crippen LogP contribution in [0.5, 0.6) is 0 Å². The molecule has 6 aromatic rings. The van der Waals surface area contributed by atoms with Gasteiger partial charge < -0.3 is 4.42 Å². The molecule has 144 valence electrons. The first-order valence-electron chi connectivity index (χ1n) is 10.2. The monoisotopic (exact) mass is 389 g/mol. The van der Waals surface area contributed by atoms with Crippen molar-refractivity contribution in [1.82, 2.24) is 4.98 Å². The zero-order valence-electron chi connectivity index (χ0n) is 17.2. The largest absolute Gasteiger partial charge is 0.437 e. The average Bonchev–Trinajstić information content (AvgIpc) is 3.09. The van der Waals surface area contributed by atoms with Crippen molar-refractivity contribution in [2.45, 2.75) is 13.8 Å². The van der Waals surface area contributed by atoms with Gasteiger partial charge in [-0.1, -0.05) is 36.4 Å². The summed E-state index contributed by atoms with van der Waals surface area (Å²) in [5, 5.41) is 5.76. The molecule has 0 fully saturated rings. The summed E-state index contributed by atoms with van der Waals surface area (Å²) in [4.78, 5) is 4.81. The molecule has 3 aromatic carbocycles. The van der Waals surface area contributed by atoms with E-state index in [2.05, 4.69) is 80.2 Å². The van der Waals surface area contributed by atoms with E-state index in [0.29, 0.717) is 5.71 Å². The molecule has 0 aliphatic rings. The van der Waals surface area contributed by atoms with E-state index in [1.165, 1.54) is 21.9 Å². The second kappa shape index (κ2) is 6.14. The minimum Gasteiger partial charge on any atom is -0.437 e. The van der Waals surface area contributed by atoms with Gasteiger partial charge in [0.2, 0.25) is 11.4 Å². The molecule has 0 unspecified atom stereocenters. The molecule has 0 bridgehead atoms. The molecule has 0 amide bonds. The van der Waals surface area contributed by atoms with Crippen molar-refractivity contribution in [3.05, 3.63) is 84.1 Å². The van der Waals surface area contributed by atoms with Gasteiger partial charge in [-0.3, -0.25) is 0 Å². The van der Waals surface area contributed by atoms with Crippen molar-refractivity contribution in [3.63, 3.8) is 0 Å². The lowest BCUT2D eigenvalue weighted by Gasteiger charge is -2.09. The van der Waals surface area contributed by atoms with Crippen LogP contribution in [-0.4, -0.2) is 4.98 Å². The second-order valence-electron chi connectivity index (χ2n) is 8.10. The standard InChI is InChI=1S/C27H21N2O/c1-16-12-21-22-13-19-9-6-7-11-23(19)28-27(22)30-26(21)25(17(16)2)24-14-18-8-4-5-10-20(18)15-29(24)3/h4-15H,1-3H3/q+1. The van der Waals surface area contributed by atoms with Gasteiger partial charge >= 0.3 is 0 Å². The summed E-state index contributed by atoms with van der Waals surface area (Å²) < 4.78 is 8.62. The van der Waals surface area contributed by atoms with E-state index in [1.54, 1.807) is 0 Å². The lowest BCUT2D eigenvalue weighted by atomic mass is 9.95. The molecule has 30 heavy (non-hydrogen) atoms. The van der Waals surface area contributed by atoms with Gasteiger partial charge in [0.05, 0.1) is 11.1 Å². The van der Waals surface area contributed by atoms with Gasteiger partial charge in [-0.15, -0.1) is 0 Å². The Hall–Kier alpha value is -3.72. The maximum absolute atomic E-state index is 6.42. The van der Waals surface area contributed by atoms with Crippen LogP contribution in [0.15, 0.2) is 77.3 Å². The predicted octanol–water partition coefficient (Wildman–Crippen LogP) is 6.40. The number of furan rings is 1. The number of aryl methyl sites for hydroxylation is 2. The van der Waals surface area contributed by atoms with Gasteiger partial charge in [0.1, 0.15) is 7.05 Å². The zero-order valence-corrected chi connectivity index (χ0v) is 17.2. The van der Waals surface area contributed by atoms with Gasteiger partial charge in [-0.05, 0) is 54.6 Å². The first-order valence-corrected chi connectivity index (χ1v) is 10.2. The van der Waals surface area contributed by atoms with Gasteiger partial charge in [-0.2, -0.15) is 0 Å². The third kappa shape index (κ3) is 2.38. The Morgan fingerprint density at radius 1 is 0.800 bits per heavy atom. The molecule has 3 aromatic heterocycles. The van der Waals surface area contributed by atoms with Gasteiger partial charge in [0, 0.05) is 27.6 Å². The van der Waals surface area contributed by atoms with Crippen molar-refractivity contribution in [2.24, 2.45) is 7.05 Å². The fourth-order valence-corrected chi connectivity index (χ4v) is 4.51. The Morgan fingerprint density at radius 2 is 1.53 bits per heavy atom. The number of hydrogen-bond donors (Lipinski definition) is 0. The number of rotatable bonds is 1. The molecular weight excluding hydrogens is 368 g/mol. The number of para-hydroxylation sites is 1. The van der Waals surface area contributed by atoms with Crippen molar-refractivity contribution in [2.75, 3.05) is 0 Å². The summed E-state index contributed by atoms with van der Waals surface area (Å²) >= 11 is 0. The van der Waals surface area contributed by atoms with Crippen LogP contribution in [-0.2, 0) is 7.05 Å². The van der Waals surface area contributed by atoms with Crippen LogP contribution in [0.3, 0.4) is 0 Å². The molecule has 0 aliphatic carbocycles. The molecule has 0 atom stereocenters. The number of benzene rings is 3. The van der Waals surface area contributed by atoms with Crippen molar-refractivity contribution in [1.29, 1.82) is 0 Å². The molecule has 3 nitrogen and oxygen atoms in total. The number of aromatic nitrogens is 2. The Labute approximate surface area is 174 Å². The van der Waals surface area contributed by atoms with Gasteiger partial charge in [-0.25, -0.2) is 9.55 Å². The first-order chi connectivity index (χ1) is 14.6. The van der Waals surface area contributed by atoms with E-state index >= 15 is 0 Å². The fraction of sp³-hybridized carbons (Fsp3) is 0.111. The summed E-state index contributed by atoms with van der Waals surface area (Å²) in [5.41, 5.74) is 7.32. The highest BCUT2D eigenvalue weighted by molar-refractivity contribution is 6.12. The minimum absolute atomic E-state index is 0.693. The summed E-state index contributed by atoms with van der Waals surface area (Å²) in [6, 6.07) is 23.4. The Morgan fingerprint density at radius 3 is 2.37 bits per heavy atom. The summed E-state index contributed by atoms with van der Waals surface area (Å²) in [6.07, 6.45) is 2.19. The molecule has 3 heterocycles. The van der Waals surface area contributed by atoms with Crippen LogP contribution in [0, 0.1) is 13.8 Å². The minimum atomic E-state index is 0.693. The molecular formula is C27H21N2O+. The van der Waals surface area contributed by atoms with Crippen molar-refractivity contribution < 1.29 is 8.98 Å². The van der Waals surface area contributed by atoms with Crippen LogP contribution in [0.25, 0.3) is 55.0 Å². The fourth-order valence-electron chi connectivity index (χ4n) is 4.51. The van der Waals surface area contributed by atoms with Crippen LogP contribution < -0.4 is 4.57 Å². The van der Waals surface area contributed by atoms with E-state index in [1.807, 2.05) is 18.2 Å². The summed E-state index contributed by atoms with van der Waals surface area (Å²) in [6.45, 7) is 4.35. The van der Waals surface area contributed by atoms with Crippen LogP contribution in [0.1, 0.15) is 11.1 Å². The number of fused-ring (bicyclic) bond motifs is 5. The van der Waals surface area contributed by atoms with Crippen molar-refractivity contribution >= 4 is 43.7 Å². The van der Waals surface area contributed by atoms with E-state index in [4.69, 9.17) is 9.40 Å². The van der Waals surface area contributed by atoms with Crippen molar-refractivity contribution in [3.8, 4) is 11.3 Å². The average molecular weight is 389 g/mol. The first kappa shape index (κ1) is 17.2. The van der Waals surface area contributed by atoms with E-state index in [-0.39, 0.29) is 0 Å². The molecule has 0 spiro atoms. The normalized spacial score (nSPS) is 11.8. The lowest BCUT2D eigenvalue weighted by molar-refractivity contribution is -0.659. The molecule has 0 radical (unpaired) electrons. The highest BCUT2D eigenvalue weighted by Gasteiger charge is 2.23. The summed E-state index contributed by atoms with van der Waals surface area (Å²) in [7, 11) is 2.10. The summed E-state index contributed by atoms with van der Waals surface area (Å²) in [5.74, 6) is 0. The van der Waals surface area contributed by atoms with Gasteiger partial charge in [0.25, 0.3) is 0 Å². The maximum atomic E-state index is 6.42. The zero-order chi connectivity index (χ0) is 20.4. The van der Waals surface area contributed by atoms with E-state index in [9.17, 15) is 0 Å². The Bertz CT molecular complexity index is 1630.